The van der Waals surface area contributed by atoms with Crippen LogP contribution < -0.4 is 4.72 Å². The molecule has 0 aliphatic rings. The van der Waals surface area contributed by atoms with E-state index in [0.29, 0.717) is 5.56 Å². The van der Waals surface area contributed by atoms with Crippen molar-refractivity contribution in [2.24, 2.45) is 0 Å². The zero-order valence-electron chi connectivity index (χ0n) is 10.7. The second kappa shape index (κ2) is 5.54. The Morgan fingerprint density at radius 2 is 1.82 bits per heavy atom. The Morgan fingerprint density at radius 1 is 1.29 bits per heavy atom. The van der Waals surface area contributed by atoms with Crippen molar-refractivity contribution >= 4 is 11.4 Å². The second-order valence-electron chi connectivity index (χ2n) is 4.95. The van der Waals surface area contributed by atoms with E-state index in [4.69, 9.17) is 5.26 Å². The Hall–Kier alpha value is -1.02. The molecule has 0 saturated carbocycles. The number of hydrogen-bond donors (Lipinski definition) is 1. The molecule has 1 aromatic rings. The molecule has 0 radical (unpaired) electrons. The molecule has 0 aliphatic carbocycles. The van der Waals surface area contributed by atoms with Crippen molar-refractivity contribution in [1.82, 2.24) is 4.72 Å². The minimum atomic E-state index is -1.09. The highest BCUT2D eigenvalue weighted by Gasteiger charge is 2.28. The number of benzene rings is 1. The summed E-state index contributed by atoms with van der Waals surface area (Å²) in [6, 6.07) is 9.39. The van der Waals surface area contributed by atoms with Gasteiger partial charge in [-0.15, -0.1) is 4.72 Å². The van der Waals surface area contributed by atoms with Crippen molar-refractivity contribution in [3.8, 4) is 6.07 Å². The maximum Gasteiger partial charge on any atom is 0.136 e. The van der Waals surface area contributed by atoms with E-state index >= 15 is 0 Å². The minimum absolute atomic E-state index is 0.00259. The molecule has 17 heavy (non-hydrogen) atoms. The molecule has 0 spiro atoms. The normalized spacial score (nSPS) is 15.1. The Bertz CT molecular complexity index is 403. The SMILES string of the molecule is CC(N[S@+]([O-])C(C)(C)C)c1ccc(C#N)cc1. The molecule has 92 valence electrons. The number of hydrogen-bond acceptors (Lipinski definition) is 3. The van der Waals surface area contributed by atoms with Crippen LogP contribution in [-0.4, -0.2) is 9.30 Å². The predicted molar refractivity (Wildman–Crippen MR) is 70.6 cm³/mol. The monoisotopic (exact) mass is 250 g/mol. The van der Waals surface area contributed by atoms with Gasteiger partial charge in [-0.3, -0.25) is 0 Å². The first-order valence-electron chi connectivity index (χ1n) is 5.52. The Kier molecular flexibility index (Phi) is 4.58. The van der Waals surface area contributed by atoms with E-state index in [-0.39, 0.29) is 10.8 Å². The summed E-state index contributed by atoms with van der Waals surface area (Å²) in [4.78, 5) is 0. The minimum Gasteiger partial charge on any atom is -0.598 e. The molecule has 1 rings (SSSR count). The molecular formula is C13H18N2OS. The van der Waals surface area contributed by atoms with Gasteiger partial charge in [0.1, 0.15) is 4.75 Å². The number of nitrogens with zero attached hydrogens (tertiary/aromatic N) is 1. The summed E-state index contributed by atoms with van der Waals surface area (Å²) in [7, 11) is 0. The van der Waals surface area contributed by atoms with E-state index in [0.717, 1.165) is 5.56 Å². The molecule has 0 aromatic heterocycles. The fraction of sp³-hybridized carbons (Fsp3) is 0.462. The largest absolute Gasteiger partial charge is 0.598 e. The van der Waals surface area contributed by atoms with Crippen LogP contribution in [0, 0.1) is 11.3 Å². The van der Waals surface area contributed by atoms with E-state index in [9.17, 15) is 4.55 Å². The van der Waals surface area contributed by atoms with E-state index in [2.05, 4.69) is 10.8 Å². The lowest BCUT2D eigenvalue weighted by atomic mass is 10.1. The van der Waals surface area contributed by atoms with Crippen molar-refractivity contribution in [3.05, 3.63) is 35.4 Å². The van der Waals surface area contributed by atoms with E-state index in [1.807, 2.05) is 39.8 Å². The zero-order chi connectivity index (χ0) is 13.1. The third-order valence-electron chi connectivity index (χ3n) is 2.38. The maximum atomic E-state index is 11.9. The molecule has 2 atom stereocenters. The molecule has 0 bridgehead atoms. The van der Waals surface area contributed by atoms with Crippen LogP contribution in [0.25, 0.3) is 0 Å². The summed E-state index contributed by atoms with van der Waals surface area (Å²) in [5, 5.41) is 8.70. The van der Waals surface area contributed by atoms with E-state index in [1.165, 1.54) is 0 Å². The van der Waals surface area contributed by atoms with Crippen molar-refractivity contribution < 1.29 is 4.55 Å². The molecule has 0 amide bonds. The van der Waals surface area contributed by atoms with Crippen LogP contribution in [0.4, 0.5) is 0 Å². The van der Waals surface area contributed by atoms with Crippen LogP contribution in [0.1, 0.15) is 44.9 Å². The van der Waals surface area contributed by atoms with Gasteiger partial charge in [0, 0.05) is 11.4 Å². The van der Waals surface area contributed by atoms with Crippen molar-refractivity contribution in [2.75, 3.05) is 0 Å². The highest BCUT2D eigenvalue weighted by Crippen LogP contribution is 2.19. The molecule has 3 nitrogen and oxygen atoms in total. The summed E-state index contributed by atoms with van der Waals surface area (Å²) in [6.45, 7) is 7.76. The Balaban J connectivity index is 2.70. The van der Waals surface area contributed by atoms with Gasteiger partial charge in [-0.25, -0.2) is 0 Å². The van der Waals surface area contributed by atoms with Crippen LogP contribution in [0.5, 0.6) is 0 Å². The standard InChI is InChI=1S/C13H18N2OS/c1-10(15-17(16)13(2,3)4)12-7-5-11(9-14)6-8-12/h5-8,10,15H,1-4H3/t10?,17-/m1/s1. The first kappa shape index (κ1) is 14.0. The number of rotatable bonds is 3. The smallest absolute Gasteiger partial charge is 0.136 e. The van der Waals surface area contributed by atoms with Crippen LogP contribution in [0.3, 0.4) is 0 Å². The lowest BCUT2D eigenvalue weighted by Gasteiger charge is -2.26. The highest BCUT2D eigenvalue weighted by atomic mass is 32.2. The molecule has 1 aromatic carbocycles. The van der Waals surface area contributed by atoms with Crippen LogP contribution >= 0.6 is 0 Å². The number of nitrogens with one attached hydrogen (secondary N) is 1. The fourth-order valence-electron chi connectivity index (χ4n) is 1.25. The van der Waals surface area contributed by atoms with E-state index in [1.54, 1.807) is 12.1 Å². The first-order chi connectivity index (χ1) is 7.84. The molecule has 0 saturated heterocycles. The zero-order valence-corrected chi connectivity index (χ0v) is 11.5. The Morgan fingerprint density at radius 3 is 2.24 bits per heavy atom. The van der Waals surface area contributed by atoms with Gasteiger partial charge < -0.3 is 4.55 Å². The molecule has 0 aliphatic heterocycles. The summed E-state index contributed by atoms with van der Waals surface area (Å²) in [5.74, 6) is 0. The van der Waals surface area contributed by atoms with Gasteiger partial charge in [-0.2, -0.15) is 5.26 Å². The summed E-state index contributed by atoms with van der Waals surface area (Å²) < 4.78 is 14.7. The van der Waals surface area contributed by atoms with Crippen molar-refractivity contribution in [2.45, 2.75) is 38.5 Å². The van der Waals surface area contributed by atoms with Gasteiger partial charge in [-0.05, 0) is 45.4 Å². The molecule has 1 unspecified atom stereocenters. The third kappa shape index (κ3) is 4.04. The van der Waals surface area contributed by atoms with Crippen LogP contribution in [0.15, 0.2) is 24.3 Å². The lowest BCUT2D eigenvalue weighted by Crippen LogP contribution is -2.40. The number of nitriles is 1. The highest BCUT2D eigenvalue weighted by molar-refractivity contribution is 7.90. The fourth-order valence-corrected chi connectivity index (χ4v) is 2.06. The maximum absolute atomic E-state index is 11.9. The Labute approximate surface area is 106 Å². The summed E-state index contributed by atoms with van der Waals surface area (Å²) in [5.41, 5.74) is 1.67. The quantitative estimate of drug-likeness (QED) is 0.839. The average Bonchev–Trinajstić information content (AvgIpc) is 2.27. The van der Waals surface area contributed by atoms with Crippen LogP contribution in [-0.2, 0) is 11.4 Å². The molecule has 0 fully saturated rings. The van der Waals surface area contributed by atoms with Gasteiger partial charge >= 0.3 is 0 Å². The summed E-state index contributed by atoms with van der Waals surface area (Å²) in [6.07, 6.45) is 0. The van der Waals surface area contributed by atoms with Gasteiger partial charge in [0.25, 0.3) is 0 Å². The molecule has 0 heterocycles. The van der Waals surface area contributed by atoms with Gasteiger partial charge in [0.15, 0.2) is 0 Å². The lowest BCUT2D eigenvalue weighted by molar-refractivity contribution is 0.531. The second-order valence-corrected chi connectivity index (χ2v) is 6.95. The van der Waals surface area contributed by atoms with Gasteiger partial charge in [0.2, 0.25) is 0 Å². The van der Waals surface area contributed by atoms with E-state index < -0.39 is 11.4 Å². The molecule has 4 heteroatoms. The van der Waals surface area contributed by atoms with Gasteiger partial charge in [-0.1, -0.05) is 12.1 Å². The predicted octanol–water partition coefficient (Wildman–Crippen LogP) is 2.67. The third-order valence-corrected chi connectivity index (χ3v) is 4.06. The average molecular weight is 250 g/mol. The first-order valence-corrected chi connectivity index (χ1v) is 6.67. The molecule has 1 N–H and O–H groups in total. The van der Waals surface area contributed by atoms with Crippen molar-refractivity contribution in [3.63, 3.8) is 0 Å². The summed E-state index contributed by atoms with van der Waals surface area (Å²) >= 11 is -1.09. The van der Waals surface area contributed by atoms with Crippen LogP contribution in [0.2, 0.25) is 0 Å². The van der Waals surface area contributed by atoms with Crippen molar-refractivity contribution in [1.29, 1.82) is 5.26 Å². The topological polar surface area (TPSA) is 58.9 Å². The van der Waals surface area contributed by atoms with Gasteiger partial charge in [0.05, 0.1) is 17.7 Å². The molecular weight excluding hydrogens is 232 g/mol.